The first kappa shape index (κ1) is 22.9. The van der Waals surface area contributed by atoms with Gasteiger partial charge in [0.1, 0.15) is 5.82 Å². The molecule has 13 heteroatoms. The molecular formula is C18H20F3N5O4S. The lowest BCUT2D eigenvalue weighted by Gasteiger charge is -2.36. The molecule has 0 saturated carbocycles. The molecular weight excluding hydrogens is 439 g/mol. The lowest BCUT2D eigenvalue weighted by atomic mass is 9.96. The molecule has 1 fully saturated rings. The van der Waals surface area contributed by atoms with Crippen LogP contribution in [0.3, 0.4) is 0 Å². The van der Waals surface area contributed by atoms with Crippen molar-refractivity contribution in [3.63, 3.8) is 0 Å². The first-order chi connectivity index (χ1) is 14.4. The molecule has 0 aromatic carbocycles. The maximum absolute atomic E-state index is 13.2. The standard InChI is InChI=1S/C18H20F3N5O4S/c1-10-9-26(5-3-14(10)27)16-13(6-11(8-24-16)18(19,20)21)17(28)25-12-2-4-23-15(7-12)31(22,29)30/h2,4,6-8,10,14,27H,3,5,9H2,1H3,(H2,22,29,30)(H,23,25,28)/t10-,14-/m0/s1. The predicted molar refractivity (Wildman–Crippen MR) is 105 cm³/mol. The van der Waals surface area contributed by atoms with Gasteiger partial charge in [-0.3, -0.25) is 4.79 Å². The van der Waals surface area contributed by atoms with Crippen LogP contribution in [0.25, 0.3) is 0 Å². The van der Waals surface area contributed by atoms with Crippen molar-refractivity contribution in [2.75, 3.05) is 23.3 Å². The first-order valence-corrected chi connectivity index (χ1v) is 10.7. The number of carbonyl (C=O) groups is 1. The minimum absolute atomic E-state index is 0.0187. The number of carbonyl (C=O) groups excluding carboxylic acids is 1. The molecule has 3 heterocycles. The van der Waals surface area contributed by atoms with Crippen LogP contribution in [0.1, 0.15) is 29.3 Å². The third-order valence-electron chi connectivity index (χ3n) is 4.88. The Morgan fingerprint density at radius 3 is 2.65 bits per heavy atom. The molecule has 0 radical (unpaired) electrons. The number of hydrogen-bond donors (Lipinski definition) is 3. The van der Waals surface area contributed by atoms with E-state index in [0.29, 0.717) is 31.8 Å². The number of nitrogens with two attached hydrogens (primary N) is 1. The fourth-order valence-electron chi connectivity index (χ4n) is 3.20. The summed E-state index contributed by atoms with van der Waals surface area (Å²) < 4.78 is 62.6. The molecule has 2 atom stereocenters. The number of aliphatic hydroxyl groups is 1. The van der Waals surface area contributed by atoms with E-state index in [1.54, 1.807) is 11.8 Å². The van der Waals surface area contributed by atoms with Gasteiger partial charge in [-0.15, -0.1) is 0 Å². The Balaban J connectivity index is 1.98. The maximum Gasteiger partial charge on any atom is 0.417 e. The predicted octanol–water partition coefficient (Wildman–Crippen LogP) is 1.60. The van der Waals surface area contributed by atoms with Crippen molar-refractivity contribution in [3.05, 3.63) is 41.7 Å². The minimum Gasteiger partial charge on any atom is -0.393 e. The molecule has 2 aromatic rings. The second-order valence-corrected chi connectivity index (χ2v) is 8.76. The van der Waals surface area contributed by atoms with Crippen molar-refractivity contribution >= 4 is 27.4 Å². The average Bonchev–Trinajstić information content (AvgIpc) is 2.68. The van der Waals surface area contributed by atoms with Gasteiger partial charge < -0.3 is 15.3 Å². The topological polar surface area (TPSA) is 139 Å². The second-order valence-electron chi connectivity index (χ2n) is 7.25. The zero-order chi connectivity index (χ0) is 23.0. The van der Waals surface area contributed by atoms with Crippen molar-refractivity contribution in [3.8, 4) is 0 Å². The monoisotopic (exact) mass is 459 g/mol. The molecule has 0 spiro atoms. The summed E-state index contributed by atoms with van der Waals surface area (Å²) in [5, 5.41) is 16.8. The molecule has 1 aliphatic heterocycles. The zero-order valence-electron chi connectivity index (χ0n) is 16.3. The van der Waals surface area contributed by atoms with Crippen molar-refractivity contribution < 1.29 is 31.5 Å². The summed E-state index contributed by atoms with van der Waals surface area (Å²) in [4.78, 5) is 22.0. The normalized spacial score (nSPS) is 19.9. The van der Waals surface area contributed by atoms with Gasteiger partial charge in [0.2, 0.25) is 0 Å². The van der Waals surface area contributed by atoms with Crippen LogP contribution in [-0.2, 0) is 16.2 Å². The lowest BCUT2D eigenvalue weighted by molar-refractivity contribution is -0.137. The van der Waals surface area contributed by atoms with Gasteiger partial charge in [0.05, 0.1) is 17.2 Å². The van der Waals surface area contributed by atoms with Crippen LogP contribution in [-0.4, -0.2) is 48.6 Å². The van der Waals surface area contributed by atoms with Crippen molar-refractivity contribution in [2.45, 2.75) is 30.7 Å². The third kappa shape index (κ3) is 5.29. The van der Waals surface area contributed by atoms with Gasteiger partial charge in [-0.05, 0) is 24.5 Å². The van der Waals surface area contributed by atoms with E-state index in [1.807, 2.05) is 0 Å². The van der Waals surface area contributed by atoms with E-state index < -0.39 is 38.8 Å². The van der Waals surface area contributed by atoms with E-state index in [2.05, 4.69) is 15.3 Å². The number of aromatic nitrogens is 2. The molecule has 4 N–H and O–H groups in total. The number of anilines is 2. The van der Waals surface area contributed by atoms with Crippen LogP contribution >= 0.6 is 0 Å². The SMILES string of the molecule is C[C@H]1CN(c2ncc(C(F)(F)F)cc2C(=O)Nc2ccnc(S(N)(=O)=O)c2)CC[C@@H]1O. The summed E-state index contributed by atoms with van der Waals surface area (Å²) in [7, 11) is -4.14. The van der Waals surface area contributed by atoms with E-state index in [0.717, 1.165) is 12.3 Å². The molecule has 1 aliphatic rings. The number of nitrogens with one attached hydrogen (secondary N) is 1. The van der Waals surface area contributed by atoms with Crippen molar-refractivity contribution in [1.29, 1.82) is 0 Å². The Kier molecular flexibility index (Phi) is 6.21. The Bertz CT molecular complexity index is 1090. The van der Waals surface area contributed by atoms with Crippen LogP contribution in [0.5, 0.6) is 0 Å². The van der Waals surface area contributed by atoms with Crippen LogP contribution in [0.2, 0.25) is 0 Å². The van der Waals surface area contributed by atoms with Crippen molar-refractivity contribution in [1.82, 2.24) is 9.97 Å². The molecule has 0 unspecified atom stereocenters. The van der Waals surface area contributed by atoms with Gasteiger partial charge in [-0.2, -0.15) is 13.2 Å². The van der Waals surface area contributed by atoms with Crippen LogP contribution in [0.4, 0.5) is 24.7 Å². The zero-order valence-corrected chi connectivity index (χ0v) is 17.1. The van der Waals surface area contributed by atoms with Crippen molar-refractivity contribution in [2.24, 2.45) is 11.1 Å². The number of alkyl halides is 3. The second kappa shape index (κ2) is 8.40. The Labute approximate surface area is 176 Å². The fraction of sp³-hybridized carbons (Fsp3) is 0.389. The molecule has 2 aromatic heterocycles. The highest BCUT2D eigenvalue weighted by Gasteiger charge is 2.34. The number of nitrogens with zero attached hydrogens (tertiary/aromatic N) is 3. The van der Waals surface area contributed by atoms with Gasteiger partial charge in [0.25, 0.3) is 15.9 Å². The Morgan fingerprint density at radius 2 is 2.03 bits per heavy atom. The van der Waals surface area contributed by atoms with Gasteiger partial charge in [-0.1, -0.05) is 6.92 Å². The number of sulfonamides is 1. The fourth-order valence-corrected chi connectivity index (χ4v) is 3.70. The van der Waals surface area contributed by atoms with E-state index in [1.165, 1.54) is 6.07 Å². The number of halogens is 3. The average molecular weight is 459 g/mol. The largest absolute Gasteiger partial charge is 0.417 e. The third-order valence-corrected chi connectivity index (χ3v) is 5.69. The van der Waals surface area contributed by atoms with Gasteiger partial charge in [-0.25, -0.2) is 23.5 Å². The molecule has 3 rings (SSSR count). The smallest absolute Gasteiger partial charge is 0.393 e. The number of primary sulfonamides is 1. The molecule has 168 valence electrons. The highest BCUT2D eigenvalue weighted by Crippen LogP contribution is 2.33. The summed E-state index contributed by atoms with van der Waals surface area (Å²) in [6.45, 7) is 2.38. The summed E-state index contributed by atoms with van der Waals surface area (Å²) in [5.41, 5.74) is -1.46. The van der Waals surface area contributed by atoms with E-state index in [9.17, 15) is 31.5 Å². The minimum atomic E-state index is -4.72. The highest BCUT2D eigenvalue weighted by atomic mass is 32.2. The van der Waals surface area contributed by atoms with E-state index >= 15 is 0 Å². The first-order valence-electron chi connectivity index (χ1n) is 9.16. The van der Waals surface area contributed by atoms with Gasteiger partial charge in [0.15, 0.2) is 5.03 Å². The van der Waals surface area contributed by atoms with Gasteiger partial charge in [0, 0.05) is 37.2 Å². The molecule has 9 nitrogen and oxygen atoms in total. The number of rotatable bonds is 4. The molecule has 1 amide bonds. The van der Waals surface area contributed by atoms with Crippen LogP contribution in [0, 0.1) is 5.92 Å². The van der Waals surface area contributed by atoms with E-state index in [-0.39, 0.29) is 23.0 Å². The summed E-state index contributed by atoms with van der Waals surface area (Å²) >= 11 is 0. The number of hydrogen-bond acceptors (Lipinski definition) is 7. The number of pyridine rings is 2. The Morgan fingerprint density at radius 1 is 1.32 bits per heavy atom. The number of piperidine rings is 1. The van der Waals surface area contributed by atoms with E-state index in [4.69, 9.17) is 5.14 Å². The summed E-state index contributed by atoms with van der Waals surface area (Å²) in [6.07, 6.45) is -3.17. The van der Waals surface area contributed by atoms with Crippen LogP contribution in [0.15, 0.2) is 35.6 Å². The maximum atomic E-state index is 13.2. The lowest BCUT2D eigenvalue weighted by Crippen LogP contribution is -2.43. The number of amides is 1. The van der Waals surface area contributed by atoms with Crippen LogP contribution < -0.4 is 15.4 Å². The number of aliphatic hydroxyl groups excluding tert-OH is 1. The molecule has 0 bridgehead atoms. The molecule has 1 saturated heterocycles. The quantitative estimate of drug-likeness (QED) is 0.631. The highest BCUT2D eigenvalue weighted by molar-refractivity contribution is 7.89. The molecule has 0 aliphatic carbocycles. The summed E-state index contributed by atoms with van der Waals surface area (Å²) in [6, 6.07) is 2.95. The molecule has 31 heavy (non-hydrogen) atoms. The summed E-state index contributed by atoms with van der Waals surface area (Å²) in [5.74, 6) is -1.06. The van der Waals surface area contributed by atoms with Gasteiger partial charge >= 0.3 is 6.18 Å². The Hall–Kier alpha value is -2.77.